The highest BCUT2D eigenvalue weighted by Gasteiger charge is 2.63. The molecule has 0 unspecified atom stereocenters. The van der Waals surface area contributed by atoms with Gasteiger partial charge in [0, 0.05) is 24.3 Å². The molecule has 1 N–H and O–H groups in total. The fourth-order valence-electron chi connectivity index (χ4n) is 7.47. The maximum Gasteiger partial charge on any atom is 0.143 e. The van der Waals surface area contributed by atoms with Crippen LogP contribution >= 0.6 is 0 Å². The Bertz CT molecular complexity index is 887. The molecular formula is C27H37NO3. The summed E-state index contributed by atoms with van der Waals surface area (Å²) in [5.41, 5.74) is 1.05. The molecule has 3 fully saturated rings. The molecule has 4 aliphatic rings. The van der Waals surface area contributed by atoms with Gasteiger partial charge in [-0.1, -0.05) is 31.6 Å². The number of carbonyl (C=O) groups is 1. The molecule has 0 aromatic heterocycles. The molecule has 3 aliphatic carbocycles. The van der Waals surface area contributed by atoms with Crippen LogP contribution in [-0.2, 0) is 9.53 Å². The maximum absolute atomic E-state index is 13.0. The molecule has 0 aromatic carbocycles. The zero-order valence-corrected chi connectivity index (χ0v) is 19.6. The van der Waals surface area contributed by atoms with Crippen molar-refractivity contribution in [2.24, 2.45) is 29.1 Å². The van der Waals surface area contributed by atoms with Gasteiger partial charge in [0.25, 0.3) is 0 Å². The fourth-order valence-corrected chi connectivity index (χ4v) is 7.47. The Morgan fingerprint density at radius 3 is 2.74 bits per heavy atom. The normalized spacial score (nSPS) is 48.6. The van der Waals surface area contributed by atoms with Gasteiger partial charge in [-0.25, -0.2) is 0 Å². The number of nitriles is 1. The fraction of sp³-hybridized carbons (Fsp3) is 0.704. The van der Waals surface area contributed by atoms with Crippen LogP contribution in [0.3, 0.4) is 0 Å². The van der Waals surface area contributed by atoms with Crippen molar-refractivity contribution in [1.82, 2.24) is 0 Å². The molecule has 1 spiro atoms. The first-order chi connectivity index (χ1) is 14.5. The SMILES string of the molecule is CC(C)=C[C@H]1C[C@H](C)[C@]2(CC[C@]3(C)C[C@H]4[C@H](C(=O)C[C@@]4(C)O)C(/C=C/C#N)=C\C[C@H]32)O1. The number of aliphatic hydroxyl groups is 1. The maximum atomic E-state index is 13.0. The van der Waals surface area contributed by atoms with E-state index >= 15 is 0 Å². The molecule has 31 heavy (non-hydrogen) atoms. The lowest BCUT2D eigenvalue weighted by atomic mass is 9.62. The predicted octanol–water partition coefficient (Wildman–Crippen LogP) is 5.29. The second-order valence-electron chi connectivity index (χ2n) is 11.4. The molecule has 0 bridgehead atoms. The number of allylic oxidation sites excluding steroid dienone is 5. The minimum absolute atomic E-state index is 0.0205. The van der Waals surface area contributed by atoms with Crippen LogP contribution < -0.4 is 0 Å². The predicted molar refractivity (Wildman–Crippen MR) is 121 cm³/mol. The van der Waals surface area contributed by atoms with Crippen molar-refractivity contribution in [2.75, 3.05) is 0 Å². The average Bonchev–Trinajstić information content (AvgIpc) is 3.18. The summed E-state index contributed by atoms with van der Waals surface area (Å²) in [5.74, 6) is 0.473. The summed E-state index contributed by atoms with van der Waals surface area (Å²) >= 11 is 0. The smallest absolute Gasteiger partial charge is 0.143 e. The first-order valence-electron chi connectivity index (χ1n) is 11.9. The van der Waals surface area contributed by atoms with Crippen LogP contribution in [0.1, 0.15) is 73.1 Å². The van der Waals surface area contributed by atoms with Gasteiger partial charge in [-0.15, -0.1) is 0 Å². The van der Waals surface area contributed by atoms with Crippen LogP contribution in [0.5, 0.6) is 0 Å². The van der Waals surface area contributed by atoms with Crippen molar-refractivity contribution in [3.63, 3.8) is 0 Å². The standard InChI is InChI=1S/C27H37NO3/c1-17(2)13-20-14-18(3)27(31-20)11-10-25(4)15-21-24(22(29)16-26(21,5)30)19(7-6-12-28)8-9-23(25)27/h6-8,13,18,20-21,23-24,30H,9-11,14-16H2,1-5H3/b7-6+,19-8-/t18-,20-,21-,23+,24+,25+,26+,27-/m0/s1. The van der Waals surface area contributed by atoms with Gasteiger partial charge in [-0.05, 0) is 81.8 Å². The van der Waals surface area contributed by atoms with Gasteiger partial charge in [0.05, 0.1) is 23.4 Å². The van der Waals surface area contributed by atoms with Gasteiger partial charge in [0.2, 0.25) is 0 Å². The quantitative estimate of drug-likeness (QED) is 0.484. The topological polar surface area (TPSA) is 70.3 Å². The third-order valence-electron chi connectivity index (χ3n) is 8.89. The molecule has 2 saturated carbocycles. The van der Waals surface area contributed by atoms with Crippen LogP contribution in [0, 0.1) is 40.4 Å². The number of hydrogen-bond donors (Lipinski definition) is 1. The van der Waals surface area contributed by atoms with Gasteiger partial charge in [0.1, 0.15) is 5.78 Å². The Hall–Kier alpha value is -1.70. The molecule has 1 heterocycles. The summed E-state index contributed by atoms with van der Waals surface area (Å²) in [6.45, 7) is 10.8. The molecular weight excluding hydrogens is 386 g/mol. The zero-order chi connectivity index (χ0) is 22.6. The van der Waals surface area contributed by atoms with E-state index in [9.17, 15) is 9.90 Å². The van der Waals surface area contributed by atoms with E-state index in [0.717, 1.165) is 37.7 Å². The number of hydrogen-bond acceptors (Lipinski definition) is 4. The van der Waals surface area contributed by atoms with Gasteiger partial charge >= 0.3 is 0 Å². The zero-order valence-electron chi connectivity index (χ0n) is 19.6. The molecule has 0 radical (unpaired) electrons. The summed E-state index contributed by atoms with van der Waals surface area (Å²) in [7, 11) is 0. The molecule has 168 valence electrons. The summed E-state index contributed by atoms with van der Waals surface area (Å²) in [6.07, 6.45) is 12.9. The number of ketones is 1. The van der Waals surface area contributed by atoms with E-state index < -0.39 is 5.60 Å². The number of fused-ring (bicyclic) bond motifs is 3. The average molecular weight is 424 g/mol. The van der Waals surface area contributed by atoms with Gasteiger partial charge in [-0.3, -0.25) is 4.79 Å². The van der Waals surface area contributed by atoms with Gasteiger partial charge in [-0.2, -0.15) is 5.26 Å². The lowest BCUT2D eigenvalue weighted by molar-refractivity contribution is -0.120. The largest absolute Gasteiger partial charge is 0.389 e. The highest BCUT2D eigenvalue weighted by Crippen LogP contribution is 2.64. The van der Waals surface area contributed by atoms with Crippen LogP contribution in [0.4, 0.5) is 0 Å². The lowest BCUT2D eigenvalue weighted by Crippen LogP contribution is -2.46. The van der Waals surface area contributed by atoms with E-state index in [0.29, 0.717) is 11.8 Å². The van der Waals surface area contributed by atoms with E-state index in [2.05, 4.69) is 45.9 Å². The minimum atomic E-state index is -1.01. The van der Waals surface area contributed by atoms with Crippen molar-refractivity contribution in [1.29, 1.82) is 5.26 Å². The van der Waals surface area contributed by atoms with Crippen LogP contribution in [0.15, 0.2) is 35.5 Å². The van der Waals surface area contributed by atoms with Gasteiger partial charge in [0.15, 0.2) is 0 Å². The van der Waals surface area contributed by atoms with Crippen molar-refractivity contribution in [3.8, 4) is 6.07 Å². The number of rotatable bonds is 2. The number of carbonyl (C=O) groups excluding carboxylic acids is 1. The van der Waals surface area contributed by atoms with E-state index in [1.165, 1.54) is 11.6 Å². The summed E-state index contributed by atoms with van der Waals surface area (Å²) in [6, 6.07) is 2.07. The molecule has 1 saturated heterocycles. The van der Waals surface area contributed by atoms with Crippen LogP contribution in [0.25, 0.3) is 0 Å². The van der Waals surface area contributed by atoms with E-state index in [1.807, 2.05) is 6.92 Å². The highest BCUT2D eigenvalue weighted by molar-refractivity contribution is 5.88. The van der Waals surface area contributed by atoms with Crippen molar-refractivity contribution >= 4 is 5.78 Å². The molecule has 1 aliphatic heterocycles. The van der Waals surface area contributed by atoms with Crippen LogP contribution in [0.2, 0.25) is 0 Å². The Morgan fingerprint density at radius 2 is 2.06 bits per heavy atom. The van der Waals surface area contributed by atoms with Gasteiger partial charge < -0.3 is 9.84 Å². The molecule has 4 heteroatoms. The molecule has 4 nitrogen and oxygen atoms in total. The minimum Gasteiger partial charge on any atom is -0.389 e. The van der Waals surface area contributed by atoms with E-state index in [4.69, 9.17) is 10.00 Å². The monoisotopic (exact) mass is 423 g/mol. The Balaban J connectivity index is 1.76. The molecule has 0 amide bonds. The lowest BCUT2D eigenvalue weighted by Gasteiger charge is -2.45. The second kappa shape index (κ2) is 7.71. The Kier molecular flexibility index (Phi) is 5.59. The highest BCUT2D eigenvalue weighted by atomic mass is 16.5. The first kappa shape index (κ1) is 22.5. The van der Waals surface area contributed by atoms with E-state index in [-0.39, 0.29) is 41.2 Å². The molecule has 4 rings (SSSR count). The van der Waals surface area contributed by atoms with Crippen molar-refractivity contribution in [2.45, 2.75) is 90.4 Å². The number of ether oxygens (including phenoxy) is 1. The summed E-state index contributed by atoms with van der Waals surface area (Å²) < 4.78 is 6.86. The third kappa shape index (κ3) is 3.64. The molecule has 0 aromatic rings. The van der Waals surface area contributed by atoms with Crippen LogP contribution in [-0.4, -0.2) is 28.2 Å². The first-order valence-corrected chi connectivity index (χ1v) is 11.9. The Morgan fingerprint density at radius 1 is 1.32 bits per heavy atom. The third-order valence-corrected chi connectivity index (χ3v) is 8.89. The van der Waals surface area contributed by atoms with Crippen molar-refractivity contribution < 1.29 is 14.6 Å². The number of Topliss-reactive ketones (excluding diaryl/α,β-unsaturated/α-hetero) is 1. The summed E-state index contributed by atoms with van der Waals surface area (Å²) in [4.78, 5) is 13.0. The van der Waals surface area contributed by atoms with Crippen molar-refractivity contribution in [3.05, 3.63) is 35.5 Å². The van der Waals surface area contributed by atoms with E-state index in [1.54, 1.807) is 6.08 Å². The second-order valence-corrected chi connectivity index (χ2v) is 11.4. The summed E-state index contributed by atoms with van der Waals surface area (Å²) in [5, 5.41) is 20.3. The number of nitrogens with zero attached hydrogens (tertiary/aromatic N) is 1. The molecule has 8 atom stereocenters. The Labute approximate surface area is 187 Å².